The van der Waals surface area contributed by atoms with E-state index in [9.17, 15) is 4.79 Å². The van der Waals surface area contributed by atoms with Crippen molar-refractivity contribution in [3.63, 3.8) is 0 Å². The van der Waals surface area contributed by atoms with Gasteiger partial charge in [-0.3, -0.25) is 4.57 Å². The van der Waals surface area contributed by atoms with Crippen LogP contribution >= 0.6 is 0 Å². The second kappa shape index (κ2) is 4.46. The summed E-state index contributed by atoms with van der Waals surface area (Å²) in [4.78, 5) is 16.2. The Morgan fingerprint density at radius 2 is 2.14 bits per heavy atom. The molecule has 1 unspecified atom stereocenters. The molecule has 0 aromatic carbocycles. The van der Waals surface area contributed by atoms with E-state index in [1.54, 1.807) is 10.8 Å². The molecule has 0 fully saturated rings. The fourth-order valence-electron chi connectivity index (χ4n) is 1.59. The van der Waals surface area contributed by atoms with Crippen LogP contribution in [0, 0.1) is 5.92 Å². The van der Waals surface area contributed by atoms with E-state index < -0.39 is 0 Å². The maximum Gasteiger partial charge on any atom is 0.325 e. The van der Waals surface area contributed by atoms with E-state index in [1.807, 2.05) is 20.3 Å². The molecule has 4 heteroatoms. The predicted molar refractivity (Wildman–Crippen MR) is 57.5 cm³/mol. The molecule has 0 aliphatic carbocycles. The SMILES string of the molecule is CC(C)C(CN(C)C)n1cc[nH]c1=O. The molecule has 0 radical (unpaired) electrons. The van der Waals surface area contributed by atoms with Crippen LogP contribution in [0.15, 0.2) is 17.2 Å². The third kappa shape index (κ3) is 2.48. The zero-order valence-corrected chi connectivity index (χ0v) is 9.32. The molecule has 80 valence electrons. The third-order valence-electron chi connectivity index (χ3n) is 2.36. The Morgan fingerprint density at radius 1 is 1.50 bits per heavy atom. The maximum atomic E-state index is 11.4. The number of rotatable bonds is 4. The van der Waals surface area contributed by atoms with Crippen LogP contribution in [-0.4, -0.2) is 35.1 Å². The number of nitrogens with one attached hydrogen (secondary N) is 1. The van der Waals surface area contributed by atoms with Crippen molar-refractivity contribution in [1.29, 1.82) is 0 Å². The average molecular weight is 197 g/mol. The molecule has 0 bridgehead atoms. The first-order chi connectivity index (χ1) is 6.52. The zero-order valence-electron chi connectivity index (χ0n) is 9.32. The van der Waals surface area contributed by atoms with Crippen LogP contribution in [0.2, 0.25) is 0 Å². The van der Waals surface area contributed by atoms with Gasteiger partial charge in [-0.2, -0.15) is 0 Å². The third-order valence-corrected chi connectivity index (χ3v) is 2.36. The lowest BCUT2D eigenvalue weighted by Gasteiger charge is -2.24. The van der Waals surface area contributed by atoms with Crippen molar-refractivity contribution in [3.8, 4) is 0 Å². The first-order valence-corrected chi connectivity index (χ1v) is 4.92. The highest BCUT2D eigenvalue weighted by atomic mass is 16.1. The molecule has 1 atom stereocenters. The topological polar surface area (TPSA) is 41.0 Å². The molecule has 1 rings (SSSR count). The van der Waals surface area contributed by atoms with Gasteiger partial charge in [-0.25, -0.2) is 4.79 Å². The van der Waals surface area contributed by atoms with Crippen LogP contribution in [0.3, 0.4) is 0 Å². The lowest BCUT2D eigenvalue weighted by Crippen LogP contribution is -2.33. The van der Waals surface area contributed by atoms with Gasteiger partial charge in [-0.1, -0.05) is 13.8 Å². The van der Waals surface area contributed by atoms with Gasteiger partial charge in [-0.15, -0.1) is 0 Å². The van der Waals surface area contributed by atoms with E-state index in [0.29, 0.717) is 5.92 Å². The van der Waals surface area contributed by atoms with Crippen LogP contribution in [0.5, 0.6) is 0 Å². The second-order valence-corrected chi connectivity index (χ2v) is 4.25. The molecule has 0 saturated carbocycles. The van der Waals surface area contributed by atoms with E-state index in [0.717, 1.165) is 6.54 Å². The fourth-order valence-corrected chi connectivity index (χ4v) is 1.59. The molecule has 1 N–H and O–H groups in total. The monoisotopic (exact) mass is 197 g/mol. The summed E-state index contributed by atoms with van der Waals surface area (Å²) < 4.78 is 1.77. The molecule has 14 heavy (non-hydrogen) atoms. The largest absolute Gasteiger partial charge is 0.325 e. The Morgan fingerprint density at radius 3 is 2.50 bits per heavy atom. The van der Waals surface area contributed by atoms with Gasteiger partial charge in [0.2, 0.25) is 0 Å². The summed E-state index contributed by atoms with van der Waals surface area (Å²) >= 11 is 0. The number of likely N-dealkylation sites (N-methyl/N-ethyl adjacent to an activating group) is 1. The van der Waals surface area contributed by atoms with E-state index in [-0.39, 0.29) is 11.7 Å². The Labute approximate surface area is 84.5 Å². The second-order valence-electron chi connectivity index (χ2n) is 4.25. The van der Waals surface area contributed by atoms with Crippen LogP contribution in [0.4, 0.5) is 0 Å². The van der Waals surface area contributed by atoms with Crippen molar-refractivity contribution in [2.24, 2.45) is 5.92 Å². The molecule has 0 spiro atoms. The summed E-state index contributed by atoms with van der Waals surface area (Å²) in [6.07, 6.45) is 3.50. The van der Waals surface area contributed by atoms with Gasteiger partial charge < -0.3 is 9.88 Å². The Kier molecular flexibility index (Phi) is 3.52. The molecule has 4 nitrogen and oxygen atoms in total. The summed E-state index contributed by atoms with van der Waals surface area (Å²) in [5, 5.41) is 0. The molecular formula is C10H19N3O. The Balaban J connectivity index is 2.89. The fraction of sp³-hybridized carbons (Fsp3) is 0.700. The van der Waals surface area contributed by atoms with Crippen LogP contribution < -0.4 is 5.69 Å². The molecule has 1 aromatic heterocycles. The first-order valence-electron chi connectivity index (χ1n) is 4.92. The van der Waals surface area contributed by atoms with Gasteiger partial charge in [0, 0.05) is 18.9 Å². The van der Waals surface area contributed by atoms with Crippen molar-refractivity contribution in [3.05, 3.63) is 22.9 Å². The lowest BCUT2D eigenvalue weighted by atomic mass is 10.0. The van der Waals surface area contributed by atoms with Gasteiger partial charge >= 0.3 is 5.69 Å². The number of hydrogen-bond donors (Lipinski definition) is 1. The quantitative estimate of drug-likeness (QED) is 0.780. The first kappa shape index (κ1) is 11.0. The summed E-state index contributed by atoms with van der Waals surface area (Å²) in [7, 11) is 4.04. The van der Waals surface area contributed by atoms with Crippen molar-refractivity contribution < 1.29 is 0 Å². The summed E-state index contributed by atoms with van der Waals surface area (Å²) in [5.74, 6) is 0.450. The zero-order chi connectivity index (χ0) is 10.7. The van der Waals surface area contributed by atoms with Crippen molar-refractivity contribution in [2.75, 3.05) is 20.6 Å². The molecule has 1 aromatic rings. The highest BCUT2D eigenvalue weighted by Crippen LogP contribution is 2.15. The van der Waals surface area contributed by atoms with Crippen LogP contribution in [0.25, 0.3) is 0 Å². The molecule has 0 aliphatic rings. The van der Waals surface area contributed by atoms with E-state index >= 15 is 0 Å². The summed E-state index contributed by atoms with van der Waals surface area (Å²) in [6, 6.07) is 0.240. The minimum atomic E-state index is -0.0226. The maximum absolute atomic E-state index is 11.4. The molecule has 0 aliphatic heterocycles. The highest BCUT2D eigenvalue weighted by molar-refractivity contribution is 4.84. The van der Waals surface area contributed by atoms with E-state index in [4.69, 9.17) is 0 Å². The number of imidazole rings is 1. The standard InChI is InChI=1S/C10H19N3O/c1-8(2)9(7-12(3)4)13-6-5-11-10(13)14/h5-6,8-9H,7H2,1-4H3,(H,11,14). The van der Waals surface area contributed by atoms with E-state index in [1.165, 1.54) is 0 Å². The Bertz CT molecular complexity index is 324. The number of aromatic amines is 1. The van der Waals surface area contributed by atoms with Gasteiger partial charge in [0.25, 0.3) is 0 Å². The number of nitrogens with zero attached hydrogens (tertiary/aromatic N) is 2. The van der Waals surface area contributed by atoms with Crippen molar-refractivity contribution in [1.82, 2.24) is 14.5 Å². The van der Waals surface area contributed by atoms with Crippen molar-refractivity contribution in [2.45, 2.75) is 19.9 Å². The van der Waals surface area contributed by atoms with Gasteiger partial charge in [-0.05, 0) is 20.0 Å². The Hall–Kier alpha value is -1.03. The smallest absolute Gasteiger partial charge is 0.313 e. The number of H-pyrrole nitrogens is 1. The lowest BCUT2D eigenvalue weighted by molar-refractivity contribution is 0.265. The molecule has 0 saturated heterocycles. The average Bonchev–Trinajstić information content (AvgIpc) is 2.46. The van der Waals surface area contributed by atoms with Crippen LogP contribution in [0.1, 0.15) is 19.9 Å². The van der Waals surface area contributed by atoms with Gasteiger partial charge in [0.1, 0.15) is 0 Å². The van der Waals surface area contributed by atoms with Crippen LogP contribution in [-0.2, 0) is 0 Å². The number of hydrogen-bond acceptors (Lipinski definition) is 2. The van der Waals surface area contributed by atoms with Gasteiger partial charge in [0.05, 0.1) is 6.04 Å². The number of aromatic nitrogens is 2. The minimum absolute atomic E-state index is 0.0226. The van der Waals surface area contributed by atoms with Crippen molar-refractivity contribution >= 4 is 0 Å². The van der Waals surface area contributed by atoms with Gasteiger partial charge in [0.15, 0.2) is 0 Å². The highest BCUT2D eigenvalue weighted by Gasteiger charge is 2.17. The molecular weight excluding hydrogens is 178 g/mol. The minimum Gasteiger partial charge on any atom is -0.313 e. The predicted octanol–water partition coefficient (Wildman–Crippen LogP) is 0.935. The molecule has 0 amide bonds. The molecule has 1 heterocycles. The summed E-state index contributed by atoms with van der Waals surface area (Å²) in [5.41, 5.74) is -0.0226. The summed E-state index contributed by atoms with van der Waals surface area (Å²) in [6.45, 7) is 5.15. The normalized spacial score (nSPS) is 13.9. The van der Waals surface area contributed by atoms with E-state index in [2.05, 4.69) is 23.7 Å².